The highest BCUT2D eigenvalue weighted by Gasteiger charge is 2.32. The van der Waals surface area contributed by atoms with Crippen LogP contribution in [-0.4, -0.2) is 66.4 Å². The second-order valence-corrected chi connectivity index (χ2v) is 11.2. The van der Waals surface area contributed by atoms with Gasteiger partial charge in [-0.2, -0.15) is 0 Å². The van der Waals surface area contributed by atoms with Crippen LogP contribution in [0, 0.1) is 0 Å². The fourth-order valence-corrected chi connectivity index (χ4v) is 5.75. The second kappa shape index (κ2) is 11.9. The molecule has 0 bridgehead atoms. The minimum atomic E-state index is -0.322. The molecule has 0 N–H and O–H groups in total. The number of carbonyl (C=O) groups excluding carboxylic acids is 2. The first kappa shape index (κ1) is 28.0. The molecule has 2 aromatic carbocycles. The minimum Gasteiger partial charge on any atom is -0.482 e. The summed E-state index contributed by atoms with van der Waals surface area (Å²) in [6.07, 6.45) is 2.27. The lowest BCUT2D eigenvalue weighted by Gasteiger charge is -2.35. The first-order chi connectivity index (χ1) is 18.7. The summed E-state index contributed by atoms with van der Waals surface area (Å²) in [4.78, 5) is 35.9. The lowest BCUT2D eigenvalue weighted by Crippen LogP contribution is -2.47. The van der Waals surface area contributed by atoms with Crippen molar-refractivity contribution in [1.82, 2.24) is 14.8 Å². The number of halogens is 4. The summed E-state index contributed by atoms with van der Waals surface area (Å²) < 4.78 is 5.53. The van der Waals surface area contributed by atoms with E-state index >= 15 is 0 Å². The molecule has 0 aliphatic carbocycles. The van der Waals surface area contributed by atoms with Crippen molar-refractivity contribution in [2.24, 2.45) is 0 Å². The van der Waals surface area contributed by atoms with Gasteiger partial charge in [0.25, 0.3) is 5.91 Å². The maximum Gasteiger partial charge on any atom is 0.265 e. The van der Waals surface area contributed by atoms with Crippen molar-refractivity contribution in [3.63, 3.8) is 0 Å². The number of rotatable bonds is 7. The fraction of sp³-hybridized carbons (Fsp3) is 0.321. The summed E-state index contributed by atoms with van der Waals surface area (Å²) in [5.41, 5.74) is 3.20. The van der Waals surface area contributed by atoms with Gasteiger partial charge in [0, 0.05) is 19.7 Å². The highest BCUT2D eigenvalue weighted by atomic mass is 35.5. The maximum absolute atomic E-state index is 13.6. The molecular weight excluding hydrogens is 582 g/mol. The molecule has 1 atom stereocenters. The number of likely N-dealkylation sites (N-methyl/N-ethyl adjacent to an activating group) is 1. The van der Waals surface area contributed by atoms with Crippen molar-refractivity contribution in [3.8, 4) is 16.9 Å². The average Bonchev–Trinajstić information content (AvgIpc) is 3.42. The molecule has 11 heteroatoms. The number of nitrogens with zero attached hydrogens (tertiary/aromatic N) is 4. The zero-order chi connectivity index (χ0) is 27.7. The van der Waals surface area contributed by atoms with Crippen molar-refractivity contribution in [1.29, 1.82) is 0 Å². The molecule has 1 fully saturated rings. The van der Waals surface area contributed by atoms with E-state index in [9.17, 15) is 9.59 Å². The quantitative estimate of drug-likeness (QED) is 0.292. The molecule has 1 saturated heterocycles. The van der Waals surface area contributed by atoms with Crippen LogP contribution >= 0.6 is 46.4 Å². The van der Waals surface area contributed by atoms with E-state index in [1.165, 1.54) is 4.90 Å². The Hall–Kier alpha value is -2.55. The van der Waals surface area contributed by atoms with Gasteiger partial charge >= 0.3 is 0 Å². The van der Waals surface area contributed by atoms with E-state index < -0.39 is 0 Å². The number of benzene rings is 2. The van der Waals surface area contributed by atoms with E-state index in [1.54, 1.807) is 36.2 Å². The van der Waals surface area contributed by atoms with Crippen molar-refractivity contribution < 1.29 is 14.3 Å². The largest absolute Gasteiger partial charge is 0.482 e. The van der Waals surface area contributed by atoms with Gasteiger partial charge in [-0.1, -0.05) is 70.7 Å². The summed E-state index contributed by atoms with van der Waals surface area (Å²) >= 11 is 24.5. The predicted molar refractivity (Wildman–Crippen MR) is 155 cm³/mol. The molecule has 7 nitrogen and oxygen atoms in total. The molecular formula is C28H26Cl4N4O3. The highest BCUT2D eigenvalue weighted by molar-refractivity contribution is 6.42. The van der Waals surface area contributed by atoms with Crippen LogP contribution in [0.3, 0.4) is 0 Å². The van der Waals surface area contributed by atoms with Crippen LogP contribution in [0.5, 0.6) is 5.75 Å². The molecule has 204 valence electrons. The van der Waals surface area contributed by atoms with Gasteiger partial charge in [0.1, 0.15) is 22.6 Å². The normalized spacial score (nSPS) is 16.1. The van der Waals surface area contributed by atoms with Crippen LogP contribution in [0.1, 0.15) is 24.4 Å². The number of hydrogen-bond donors (Lipinski definition) is 0. The molecule has 0 radical (unpaired) electrons. The Morgan fingerprint density at radius 1 is 0.974 bits per heavy atom. The van der Waals surface area contributed by atoms with Crippen LogP contribution in [0.15, 0.2) is 48.5 Å². The van der Waals surface area contributed by atoms with Crippen LogP contribution in [0.2, 0.25) is 20.4 Å². The smallest absolute Gasteiger partial charge is 0.265 e. The number of amides is 2. The van der Waals surface area contributed by atoms with E-state index in [2.05, 4.69) is 9.88 Å². The first-order valence-corrected chi connectivity index (χ1v) is 14.0. The van der Waals surface area contributed by atoms with Crippen LogP contribution < -0.4 is 9.64 Å². The number of anilines is 1. The Bertz CT molecular complexity index is 1380. The molecule has 1 unspecified atom stereocenters. The second-order valence-electron chi connectivity index (χ2n) is 9.65. The Labute approximate surface area is 247 Å². The topological polar surface area (TPSA) is 66.0 Å². The zero-order valence-electron chi connectivity index (χ0n) is 21.2. The van der Waals surface area contributed by atoms with E-state index in [-0.39, 0.29) is 36.0 Å². The fourth-order valence-electron chi connectivity index (χ4n) is 4.98. The van der Waals surface area contributed by atoms with Gasteiger partial charge < -0.3 is 14.5 Å². The minimum absolute atomic E-state index is 0.147. The van der Waals surface area contributed by atoms with Crippen LogP contribution in [0.4, 0.5) is 5.69 Å². The molecule has 0 saturated carbocycles. The van der Waals surface area contributed by atoms with Crippen molar-refractivity contribution in [2.45, 2.75) is 18.9 Å². The van der Waals surface area contributed by atoms with Crippen LogP contribution in [-0.2, 0) is 9.59 Å². The standard InChI is InChI=1S/C28H26Cl4N4O3/c1-34(27(37)15-36-22-12-20(29)21(30)13-24(22)39-16-28(36)38)23(14-35-8-2-3-9-35)18-6-4-17(5-7-18)19-10-25(31)33-26(32)11-19/h4-7,10-13,23H,2-3,8-9,14-16H2,1H3. The van der Waals surface area contributed by atoms with Crippen molar-refractivity contribution in [2.75, 3.05) is 44.7 Å². The number of carbonyl (C=O) groups is 2. The molecule has 2 amide bonds. The van der Waals surface area contributed by atoms with Gasteiger partial charge in [-0.05, 0) is 60.8 Å². The average molecular weight is 608 g/mol. The van der Waals surface area contributed by atoms with Crippen LogP contribution in [0.25, 0.3) is 11.1 Å². The number of fused-ring (bicyclic) bond motifs is 1. The predicted octanol–water partition coefficient (Wildman–Crippen LogP) is 6.38. The molecule has 2 aliphatic rings. The number of hydrogen-bond acceptors (Lipinski definition) is 5. The zero-order valence-corrected chi connectivity index (χ0v) is 24.2. The van der Waals surface area contributed by atoms with Crippen molar-refractivity contribution in [3.05, 3.63) is 74.4 Å². The van der Waals surface area contributed by atoms with Gasteiger partial charge in [-0.25, -0.2) is 4.98 Å². The maximum atomic E-state index is 13.6. The van der Waals surface area contributed by atoms with Gasteiger partial charge in [-0.3, -0.25) is 14.5 Å². The number of pyridine rings is 1. The Kier molecular flexibility index (Phi) is 8.55. The molecule has 2 aliphatic heterocycles. The van der Waals surface area contributed by atoms with Gasteiger partial charge in [0.15, 0.2) is 6.61 Å². The Morgan fingerprint density at radius 3 is 2.28 bits per heavy atom. The number of likely N-dealkylation sites (tertiary alicyclic amines) is 1. The van der Waals surface area contributed by atoms with Gasteiger partial charge in [-0.15, -0.1) is 0 Å². The SMILES string of the molecule is CN(C(=O)CN1C(=O)COc2cc(Cl)c(Cl)cc21)C(CN1CCCC1)c1ccc(-c2cc(Cl)nc(Cl)c2)cc1. The monoisotopic (exact) mass is 606 g/mol. The molecule has 3 aromatic rings. The number of ether oxygens (including phenoxy) is 1. The molecule has 5 rings (SSSR count). The van der Waals surface area contributed by atoms with Gasteiger partial charge in [0.05, 0.1) is 21.8 Å². The Morgan fingerprint density at radius 2 is 1.62 bits per heavy atom. The summed E-state index contributed by atoms with van der Waals surface area (Å²) in [5, 5.41) is 1.24. The number of aromatic nitrogens is 1. The first-order valence-electron chi connectivity index (χ1n) is 12.5. The Balaban J connectivity index is 1.40. The summed E-state index contributed by atoms with van der Waals surface area (Å²) in [6, 6.07) is 14.4. The molecule has 39 heavy (non-hydrogen) atoms. The lowest BCUT2D eigenvalue weighted by atomic mass is 10.00. The summed E-state index contributed by atoms with van der Waals surface area (Å²) in [6.45, 7) is 2.33. The molecule has 1 aromatic heterocycles. The highest BCUT2D eigenvalue weighted by Crippen LogP contribution is 2.39. The lowest BCUT2D eigenvalue weighted by molar-refractivity contribution is -0.133. The third kappa shape index (κ3) is 6.28. The third-order valence-corrected chi connectivity index (χ3v) is 8.23. The van der Waals surface area contributed by atoms with E-state index in [4.69, 9.17) is 51.1 Å². The molecule has 3 heterocycles. The summed E-state index contributed by atoms with van der Waals surface area (Å²) in [5.74, 6) is -0.110. The van der Waals surface area contributed by atoms with Crippen molar-refractivity contribution >= 4 is 63.9 Å². The summed E-state index contributed by atoms with van der Waals surface area (Å²) in [7, 11) is 1.78. The van der Waals surface area contributed by atoms with Gasteiger partial charge in [0.2, 0.25) is 5.91 Å². The third-order valence-electron chi connectivity index (χ3n) is 7.12. The van der Waals surface area contributed by atoms with E-state index in [1.807, 2.05) is 24.3 Å². The molecule has 0 spiro atoms. The van der Waals surface area contributed by atoms with E-state index in [0.29, 0.717) is 33.3 Å². The van der Waals surface area contributed by atoms with E-state index in [0.717, 1.165) is 42.6 Å².